The summed E-state index contributed by atoms with van der Waals surface area (Å²) in [4.78, 5) is 12.5. The van der Waals surface area contributed by atoms with Crippen LogP contribution in [-0.4, -0.2) is 41.3 Å². The van der Waals surface area contributed by atoms with Gasteiger partial charge in [0.2, 0.25) is 5.75 Å². The summed E-state index contributed by atoms with van der Waals surface area (Å²) in [5, 5.41) is 3.66. The van der Waals surface area contributed by atoms with Gasteiger partial charge in [0, 0.05) is 28.4 Å². The molecule has 0 aliphatic heterocycles. The number of rotatable bonds is 11. The third kappa shape index (κ3) is 6.12. The number of nitrogens with one attached hydrogen (secondary N) is 1. The average Bonchev–Trinajstić information content (AvgIpc) is 2.90. The Morgan fingerprint density at radius 1 is 0.778 bits per heavy atom. The van der Waals surface area contributed by atoms with Crippen LogP contribution in [0, 0.1) is 0 Å². The summed E-state index contributed by atoms with van der Waals surface area (Å²) < 4.78 is 27.3. The number of methoxy groups -OCH3 is 5. The Bertz CT molecular complexity index is 1260. The van der Waals surface area contributed by atoms with Crippen LogP contribution in [0.25, 0.3) is 12.2 Å². The van der Waals surface area contributed by atoms with Crippen molar-refractivity contribution >= 4 is 35.2 Å². The number of carbonyl (C=O) groups excluding carboxylic acids is 1. The Morgan fingerprint density at radius 3 is 2.03 bits per heavy atom. The standard InChI is InChI=1S/C28H28ClNO6/c1-32-23-12-11-19(10-9-18-15-24(33-2)27(35-4)25(16-18)34-3)26(28(23)36-5)30-14-13-22(31)20-7-6-8-21(29)17-20/h6-17,30H,1-5H3. The maximum atomic E-state index is 12.5. The first-order chi connectivity index (χ1) is 17.4. The first-order valence-corrected chi connectivity index (χ1v) is 11.3. The van der Waals surface area contributed by atoms with Gasteiger partial charge in [0.1, 0.15) is 0 Å². The number of halogens is 1. The molecule has 0 radical (unpaired) electrons. The Hall–Kier alpha value is -4.10. The molecule has 0 aliphatic rings. The highest BCUT2D eigenvalue weighted by Gasteiger charge is 2.15. The van der Waals surface area contributed by atoms with Crippen LogP contribution in [-0.2, 0) is 0 Å². The van der Waals surface area contributed by atoms with Gasteiger partial charge in [-0.05, 0) is 42.0 Å². The molecule has 0 atom stereocenters. The van der Waals surface area contributed by atoms with Gasteiger partial charge in [0.15, 0.2) is 28.8 Å². The molecule has 3 aromatic carbocycles. The first kappa shape index (κ1) is 26.5. The molecular formula is C28H28ClNO6. The normalized spacial score (nSPS) is 10.9. The van der Waals surface area contributed by atoms with E-state index in [4.69, 9.17) is 35.3 Å². The van der Waals surface area contributed by atoms with Gasteiger partial charge in [-0.15, -0.1) is 0 Å². The molecule has 0 spiro atoms. The van der Waals surface area contributed by atoms with Crippen molar-refractivity contribution in [2.75, 3.05) is 40.9 Å². The van der Waals surface area contributed by atoms with E-state index < -0.39 is 0 Å². The number of benzene rings is 3. The van der Waals surface area contributed by atoms with E-state index in [0.717, 1.165) is 11.1 Å². The van der Waals surface area contributed by atoms with Crippen LogP contribution >= 0.6 is 11.6 Å². The lowest BCUT2D eigenvalue weighted by Crippen LogP contribution is -2.00. The molecule has 3 aromatic rings. The minimum atomic E-state index is -0.193. The lowest BCUT2D eigenvalue weighted by Gasteiger charge is -2.15. The van der Waals surface area contributed by atoms with Gasteiger partial charge in [-0.1, -0.05) is 35.9 Å². The molecule has 3 rings (SSSR count). The molecule has 0 heterocycles. The van der Waals surface area contributed by atoms with E-state index in [1.807, 2.05) is 30.4 Å². The monoisotopic (exact) mass is 509 g/mol. The molecule has 0 amide bonds. The quantitative estimate of drug-likeness (QED) is 0.183. The lowest BCUT2D eigenvalue weighted by molar-refractivity contribution is 0.104. The molecule has 0 unspecified atom stereocenters. The summed E-state index contributed by atoms with van der Waals surface area (Å²) in [6.45, 7) is 0. The van der Waals surface area contributed by atoms with Crippen LogP contribution in [0.15, 0.2) is 60.8 Å². The molecule has 188 valence electrons. The average molecular weight is 510 g/mol. The van der Waals surface area contributed by atoms with E-state index in [-0.39, 0.29) is 5.78 Å². The van der Waals surface area contributed by atoms with Crippen molar-refractivity contribution in [3.8, 4) is 28.7 Å². The van der Waals surface area contributed by atoms with Gasteiger partial charge in [-0.3, -0.25) is 4.79 Å². The Morgan fingerprint density at radius 2 is 1.44 bits per heavy atom. The third-order valence-corrected chi connectivity index (χ3v) is 5.53. The summed E-state index contributed by atoms with van der Waals surface area (Å²) in [6, 6.07) is 14.1. The Kier molecular flexibility index (Phi) is 9.25. The van der Waals surface area contributed by atoms with Crippen molar-refractivity contribution in [2.45, 2.75) is 0 Å². The first-order valence-electron chi connectivity index (χ1n) is 10.9. The van der Waals surface area contributed by atoms with Crippen molar-refractivity contribution in [1.82, 2.24) is 0 Å². The van der Waals surface area contributed by atoms with Gasteiger partial charge in [-0.2, -0.15) is 0 Å². The predicted octanol–water partition coefficient (Wildman–Crippen LogP) is 6.36. The van der Waals surface area contributed by atoms with Crippen molar-refractivity contribution in [1.29, 1.82) is 0 Å². The SMILES string of the molecule is COc1cc(C=Cc2ccc(OC)c(OC)c2NC=CC(=O)c2cccc(Cl)c2)cc(OC)c1OC. The maximum absolute atomic E-state index is 12.5. The molecule has 1 N–H and O–H groups in total. The number of allylic oxidation sites excluding steroid dienone is 1. The van der Waals surface area contributed by atoms with Crippen LogP contribution < -0.4 is 29.0 Å². The number of ketones is 1. The summed E-state index contributed by atoms with van der Waals surface area (Å²) >= 11 is 6.00. The van der Waals surface area contributed by atoms with Gasteiger partial charge >= 0.3 is 0 Å². The van der Waals surface area contributed by atoms with E-state index in [2.05, 4.69) is 5.32 Å². The topological polar surface area (TPSA) is 75.2 Å². The minimum Gasteiger partial charge on any atom is -0.493 e. The summed E-state index contributed by atoms with van der Waals surface area (Å²) in [5.41, 5.74) is 2.73. The lowest BCUT2D eigenvalue weighted by atomic mass is 10.1. The van der Waals surface area contributed by atoms with E-state index in [0.29, 0.717) is 45.0 Å². The predicted molar refractivity (Wildman–Crippen MR) is 143 cm³/mol. The third-order valence-electron chi connectivity index (χ3n) is 5.29. The van der Waals surface area contributed by atoms with Crippen molar-refractivity contribution in [3.05, 3.63) is 82.5 Å². The highest BCUT2D eigenvalue weighted by atomic mass is 35.5. The summed E-state index contributed by atoms with van der Waals surface area (Å²) in [5.74, 6) is 2.44. The molecule has 0 aromatic heterocycles. The molecule has 0 saturated heterocycles. The van der Waals surface area contributed by atoms with Crippen LogP contribution in [0.2, 0.25) is 5.02 Å². The number of carbonyl (C=O) groups is 1. The van der Waals surface area contributed by atoms with E-state index in [1.54, 1.807) is 72.1 Å². The Balaban J connectivity index is 1.96. The second-order valence-electron chi connectivity index (χ2n) is 7.41. The zero-order valence-corrected chi connectivity index (χ0v) is 21.5. The van der Waals surface area contributed by atoms with E-state index >= 15 is 0 Å². The second kappa shape index (κ2) is 12.6. The van der Waals surface area contributed by atoms with Gasteiger partial charge in [0.05, 0.1) is 41.2 Å². The fraction of sp³-hybridized carbons (Fsp3) is 0.179. The van der Waals surface area contributed by atoms with Crippen LogP contribution in [0.4, 0.5) is 5.69 Å². The largest absolute Gasteiger partial charge is 0.493 e. The molecule has 7 nitrogen and oxygen atoms in total. The smallest absolute Gasteiger partial charge is 0.203 e. The van der Waals surface area contributed by atoms with E-state index in [9.17, 15) is 4.79 Å². The van der Waals surface area contributed by atoms with Gasteiger partial charge in [0.25, 0.3) is 0 Å². The molecule has 36 heavy (non-hydrogen) atoms. The minimum absolute atomic E-state index is 0.193. The number of hydrogen-bond donors (Lipinski definition) is 1. The summed E-state index contributed by atoms with van der Waals surface area (Å²) in [6.07, 6.45) is 6.78. The van der Waals surface area contributed by atoms with Crippen LogP contribution in [0.5, 0.6) is 28.7 Å². The van der Waals surface area contributed by atoms with Crippen LogP contribution in [0.3, 0.4) is 0 Å². The zero-order valence-electron chi connectivity index (χ0n) is 20.8. The second-order valence-corrected chi connectivity index (χ2v) is 7.85. The van der Waals surface area contributed by atoms with Gasteiger partial charge < -0.3 is 29.0 Å². The highest BCUT2D eigenvalue weighted by molar-refractivity contribution is 6.31. The van der Waals surface area contributed by atoms with E-state index in [1.165, 1.54) is 6.08 Å². The molecule has 0 fully saturated rings. The van der Waals surface area contributed by atoms with Crippen LogP contribution in [0.1, 0.15) is 21.5 Å². The highest BCUT2D eigenvalue weighted by Crippen LogP contribution is 2.40. The van der Waals surface area contributed by atoms with Crippen molar-refractivity contribution in [3.63, 3.8) is 0 Å². The van der Waals surface area contributed by atoms with Gasteiger partial charge in [-0.25, -0.2) is 0 Å². The molecule has 0 aliphatic carbocycles. The number of hydrogen-bond acceptors (Lipinski definition) is 7. The fourth-order valence-electron chi connectivity index (χ4n) is 3.55. The maximum Gasteiger partial charge on any atom is 0.203 e. The number of ether oxygens (including phenoxy) is 5. The summed E-state index contributed by atoms with van der Waals surface area (Å²) in [7, 11) is 7.81. The molecular weight excluding hydrogens is 482 g/mol. The van der Waals surface area contributed by atoms with Crippen molar-refractivity contribution < 1.29 is 28.5 Å². The Labute approximate surface area is 215 Å². The number of anilines is 1. The molecule has 8 heteroatoms. The fourth-order valence-corrected chi connectivity index (χ4v) is 3.74. The van der Waals surface area contributed by atoms with Crippen molar-refractivity contribution in [2.24, 2.45) is 0 Å². The molecule has 0 saturated carbocycles. The zero-order chi connectivity index (χ0) is 26.1. The molecule has 0 bridgehead atoms.